The summed E-state index contributed by atoms with van der Waals surface area (Å²) in [4.78, 5) is 19.5. The van der Waals surface area contributed by atoms with Gasteiger partial charge in [0.25, 0.3) is 5.91 Å². The molecule has 0 bridgehead atoms. The van der Waals surface area contributed by atoms with E-state index in [2.05, 4.69) is 35.2 Å². The molecule has 0 fully saturated rings. The van der Waals surface area contributed by atoms with Gasteiger partial charge < -0.3 is 9.64 Å². The fraction of sp³-hybridized carbons (Fsp3) is 0.292. The third kappa shape index (κ3) is 3.61. The molecule has 0 aliphatic rings. The van der Waals surface area contributed by atoms with Gasteiger partial charge in [-0.2, -0.15) is 5.10 Å². The van der Waals surface area contributed by atoms with Crippen molar-refractivity contribution in [2.75, 3.05) is 13.7 Å². The molecule has 0 saturated heterocycles. The van der Waals surface area contributed by atoms with Gasteiger partial charge in [-0.1, -0.05) is 37.3 Å². The minimum atomic E-state index is -0.114. The molecule has 2 aromatic heterocycles. The highest BCUT2D eigenvalue weighted by Gasteiger charge is 2.21. The van der Waals surface area contributed by atoms with Crippen molar-refractivity contribution in [3.05, 3.63) is 71.2 Å². The zero-order chi connectivity index (χ0) is 21.3. The van der Waals surface area contributed by atoms with E-state index in [4.69, 9.17) is 4.74 Å². The summed E-state index contributed by atoms with van der Waals surface area (Å²) in [6, 6.07) is 14.2. The van der Waals surface area contributed by atoms with E-state index in [0.717, 1.165) is 39.9 Å². The molecule has 0 aliphatic carbocycles. The number of benzene rings is 2. The Labute approximate surface area is 176 Å². The number of aromatic nitrogens is 3. The normalized spacial score (nSPS) is 11.2. The molecule has 1 amide bonds. The smallest absolute Gasteiger partial charge is 0.259 e. The summed E-state index contributed by atoms with van der Waals surface area (Å²) in [5.41, 5.74) is 3.91. The topological polar surface area (TPSA) is 59.7 Å². The van der Waals surface area contributed by atoms with Crippen LogP contribution in [-0.4, -0.2) is 39.1 Å². The first-order chi connectivity index (χ1) is 14.5. The second-order valence-corrected chi connectivity index (χ2v) is 7.61. The first kappa shape index (κ1) is 19.9. The second-order valence-electron chi connectivity index (χ2n) is 7.61. The van der Waals surface area contributed by atoms with Gasteiger partial charge in [-0.05, 0) is 43.2 Å². The third-order valence-electron chi connectivity index (χ3n) is 5.21. The molecule has 2 heterocycles. The number of ether oxygens (including phenoxy) is 1. The Hall–Kier alpha value is -3.41. The summed E-state index contributed by atoms with van der Waals surface area (Å²) in [7, 11) is 1.81. The van der Waals surface area contributed by atoms with Crippen molar-refractivity contribution >= 4 is 22.3 Å². The molecule has 0 unspecified atom stereocenters. The highest BCUT2D eigenvalue weighted by atomic mass is 16.5. The number of carbonyl (C=O) groups excluding carboxylic acids is 1. The summed E-state index contributed by atoms with van der Waals surface area (Å²) < 4.78 is 7.71. The lowest BCUT2D eigenvalue weighted by Gasteiger charge is -2.21. The van der Waals surface area contributed by atoms with Crippen LogP contribution in [0.3, 0.4) is 0 Å². The monoisotopic (exact) mass is 402 g/mol. The maximum absolute atomic E-state index is 13.3. The quantitative estimate of drug-likeness (QED) is 0.474. The lowest BCUT2D eigenvalue weighted by Crippen LogP contribution is -2.26. The minimum absolute atomic E-state index is 0.114. The second kappa shape index (κ2) is 8.14. The molecule has 2 aromatic carbocycles. The van der Waals surface area contributed by atoms with E-state index in [-0.39, 0.29) is 5.91 Å². The van der Waals surface area contributed by atoms with Crippen LogP contribution in [0.5, 0.6) is 5.75 Å². The zero-order valence-electron chi connectivity index (χ0n) is 17.8. The molecule has 4 aromatic rings. The van der Waals surface area contributed by atoms with Crippen molar-refractivity contribution in [1.82, 2.24) is 19.5 Å². The van der Waals surface area contributed by atoms with Gasteiger partial charge in [0.05, 0.1) is 12.8 Å². The van der Waals surface area contributed by atoms with Crippen LogP contribution in [0.25, 0.3) is 16.4 Å². The Kier molecular flexibility index (Phi) is 5.40. The molecule has 0 spiro atoms. The first-order valence-electron chi connectivity index (χ1n) is 10.2. The largest absolute Gasteiger partial charge is 0.493 e. The van der Waals surface area contributed by atoms with Gasteiger partial charge in [-0.15, -0.1) is 0 Å². The third-order valence-corrected chi connectivity index (χ3v) is 5.21. The van der Waals surface area contributed by atoms with Crippen LogP contribution in [0.1, 0.15) is 40.7 Å². The van der Waals surface area contributed by atoms with E-state index < -0.39 is 0 Å². The summed E-state index contributed by atoms with van der Waals surface area (Å²) in [6.07, 6.45) is 2.53. The highest BCUT2D eigenvalue weighted by Crippen LogP contribution is 2.30. The van der Waals surface area contributed by atoms with E-state index in [0.29, 0.717) is 24.4 Å². The lowest BCUT2D eigenvalue weighted by atomic mass is 10.0. The Bertz CT molecular complexity index is 1230. The van der Waals surface area contributed by atoms with Crippen LogP contribution in [0.15, 0.2) is 48.7 Å². The zero-order valence-corrected chi connectivity index (χ0v) is 17.8. The number of nitrogens with zero attached hydrogens (tertiary/aromatic N) is 4. The number of rotatable bonds is 6. The van der Waals surface area contributed by atoms with Gasteiger partial charge in [0.1, 0.15) is 11.3 Å². The Balaban J connectivity index is 1.71. The van der Waals surface area contributed by atoms with E-state index in [1.807, 2.05) is 38.1 Å². The molecule has 0 N–H and O–H groups in total. The Morgan fingerprint density at radius 2 is 1.97 bits per heavy atom. The van der Waals surface area contributed by atoms with Crippen LogP contribution in [-0.2, 0) is 6.54 Å². The number of fused-ring (bicyclic) bond motifs is 2. The van der Waals surface area contributed by atoms with E-state index in [1.165, 1.54) is 0 Å². The maximum Gasteiger partial charge on any atom is 0.259 e. The van der Waals surface area contributed by atoms with Gasteiger partial charge in [-0.25, -0.2) is 9.50 Å². The number of aryl methyl sites for hydroxylation is 2. The number of carbonyl (C=O) groups is 1. The summed E-state index contributed by atoms with van der Waals surface area (Å²) in [5, 5.41) is 6.58. The van der Waals surface area contributed by atoms with Gasteiger partial charge in [0, 0.05) is 30.5 Å². The van der Waals surface area contributed by atoms with Gasteiger partial charge in [-0.3, -0.25) is 4.79 Å². The van der Waals surface area contributed by atoms with Crippen molar-refractivity contribution in [1.29, 1.82) is 0 Å². The molecule has 0 saturated carbocycles. The summed E-state index contributed by atoms with van der Waals surface area (Å²) in [6.45, 7) is 7.03. The van der Waals surface area contributed by atoms with Gasteiger partial charge in [0.2, 0.25) is 0 Å². The number of hydrogen-bond donors (Lipinski definition) is 0. The molecule has 30 heavy (non-hydrogen) atoms. The SMILES string of the molecule is CCCOc1ccc2ccccc2c1CN(C)C(=O)c1cnn2c(C)cc(C)nc12. The molecular formula is C24H26N4O2. The van der Waals surface area contributed by atoms with Crippen LogP contribution < -0.4 is 4.74 Å². The predicted octanol–water partition coefficient (Wildman–Crippen LogP) is 4.56. The standard InChI is InChI=1S/C24H26N4O2/c1-5-12-30-22-11-10-18-8-6-7-9-19(18)21(22)15-27(4)24(29)20-14-25-28-17(3)13-16(2)26-23(20)28/h6-11,13-14H,5,12,15H2,1-4H3. The fourth-order valence-corrected chi connectivity index (χ4v) is 3.76. The van der Waals surface area contributed by atoms with E-state index >= 15 is 0 Å². The molecule has 154 valence electrons. The van der Waals surface area contributed by atoms with Gasteiger partial charge >= 0.3 is 0 Å². The van der Waals surface area contributed by atoms with Crippen molar-refractivity contribution in [2.24, 2.45) is 0 Å². The maximum atomic E-state index is 13.3. The lowest BCUT2D eigenvalue weighted by molar-refractivity contribution is 0.0786. The molecule has 0 aliphatic heterocycles. The van der Waals surface area contributed by atoms with E-state index in [1.54, 1.807) is 22.7 Å². The van der Waals surface area contributed by atoms with Gasteiger partial charge in [0.15, 0.2) is 5.65 Å². The van der Waals surface area contributed by atoms with Crippen molar-refractivity contribution in [3.8, 4) is 5.75 Å². The van der Waals surface area contributed by atoms with Crippen LogP contribution in [0.4, 0.5) is 0 Å². The minimum Gasteiger partial charge on any atom is -0.493 e. The molecular weight excluding hydrogens is 376 g/mol. The van der Waals surface area contributed by atoms with Crippen molar-refractivity contribution < 1.29 is 9.53 Å². The van der Waals surface area contributed by atoms with Crippen molar-refractivity contribution in [2.45, 2.75) is 33.7 Å². The Morgan fingerprint density at radius 1 is 1.17 bits per heavy atom. The fourth-order valence-electron chi connectivity index (χ4n) is 3.76. The predicted molar refractivity (Wildman–Crippen MR) is 118 cm³/mol. The van der Waals surface area contributed by atoms with E-state index in [9.17, 15) is 4.79 Å². The molecule has 6 nitrogen and oxygen atoms in total. The average Bonchev–Trinajstić information content (AvgIpc) is 3.16. The van der Waals surface area contributed by atoms with Crippen LogP contribution >= 0.6 is 0 Å². The van der Waals surface area contributed by atoms with Crippen molar-refractivity contribution in [3.63, 3.8) is 0 Å². The first-order valence-corrected chi connectivity index (χ1v) is 10.2. The Morgan fingerprint density at radius 3 is 2.77 bits per heavy atom. The summed E-state index contributed by atoms with van der Waals surface area (Å²) in [5.74, 6) is 0.705. The average molecular weight is 402 g/mol. The number of hydrogen-bond acceptors (Lipinski definition) is 4. The molecule has 0 radical (unpaired) electrons. The summed E-state index contributed by atoms with van der Waals surface area (Å²) >= 11 is 0. The molecule has 0 atom stereocenters. The van der Waals surface area contributed by atoms with Crippen LogP contribution in [0.2, 0.25) is 0 Å². The molecule has 6 heteroatoms. The van der Waals surface area contributed by atoms with Crippen LogP contribution in [0, 0.1) is 13.8 Å². The molecule has 4 rings (SSSR count). The number of amides is 1. The highest BCUT2D eigenvalue weighted by molar-refractivity contribution is 6.00.